The van der Waals surface area contributed by atoms with Crippen molar-refractivity contribution in [1.82, 2.24) is 0 Å². The minimum atomic E-state index is -0.143. The van der Waals surface area contributed by atoms with Crippen LogP contribution < -0.4 is 0 Å². The van der Waals surface area contributed by atoms with Crippen LogP contribution in [0.3, 0.4) is 0 Å². The molecule has 0 rings (SSSR count). The highest BCUT2D eigenvalue weighted by Gasteiger charge is 2.27. The van der Waals surface area contributed by atoms with Crippen LogP contribution in [0.15, 0.2) is 0 Å². The lowest BCUT2D eigenvalue weighted by atomic mass is 9.76. The van der Waals surface area contributed by atoms with Crippen molar-refractivity contribution in [3.05, 3.63) is 0 Å². The van der Waals surface area contributed by atoms with Gasteiger partial charge in [0.15, 0.2) is 0 Å². The summed E-state index contributed by atoms with van der Waals surface area (Å²) in [6, 6.07) is 0. The van der Waals surface area contributed by atoms with E-state index in [1.54, 1.807) is 0 Å². The first-order valence-corrected chi connectivity index (χ1v) is 7.16. The predicted molar refractivity (Wildman–Crippen MR) is 75.8 cm³/mol. The fourth-order valence-electron chi connectivity index (χ4n) is 2.04. The molecule has 0 aliphatic heterocycles. The van der Waals surface area contributed by atoms with Gasteiger partial charge in [-0.25, -0.2) is 0 Å². The first-order chi connectivity index (χ1) is 7.60. The highest BCUT2D eigenvalue weighted by molar-refractivity contribution is 4.78. The molecule has 0 aromatic heterocycles. The number of hydrogen-bond acceptors (Lipinski definition) is 0. The smallest absolute Gasteiger partial charge is 0.0950 e. The monoisotopic (exact) mass is 234 g/mol. The normalized spacial score (nSPS) is 13.1. The lowest BCUT2D eigenvalue weighted by Crippen LogP contribution is -2.24. The van der Waals surface area contributed by atoms with Crippen LogP contribution in [0, 0.1) is 11.3 Å². The van der Waals surface area contributed by atoms with Crippen LogP contribution in [0.2, 0.25) is 0 Å². The second kappa shape index (κ2) is 14.9. The Bertz CT molecular complexity index is 104. The van der Waals surface area contributed by atoms with Crippen molar-refractivity contribution in [1.29, 1.82) is 0 Å². The minimum Gasteiger partial charge on any atom is -0.250 e. The average molecular weight is 234 g/mol. The Labute approximate surface area is 104 Å². The summed E-state index contributed by atoms with van der Waals surface area (Å²) in [5.74, 6) is 0.618. The summed E-state index contributed by atoms with van der Waals surface area (Å²) in [5, 5.41) is 0. The zero-order valence-corrected chi connectivity index (χ0v) is 13.0. The maximum atomic E-state index is 12.9. The van der Waals surface area contributed by atoms with Crippen LogP contribution in [0.25, 0.3) is 0 Å². The Morgan fingerprint density at radius 3 is 1.62 bits per heavy atom. The molecule has 0 spiro atoms. The quantitative estimate of drug-likeness (QED) is 0.509. The molecule has 0 nitrogen and oxygen atoms in total. The van der Waals surface area contributed by atoms with Crippen molar-refractivity contribution in [3.63, 3.8) is 0 Å². The molecule has 0 saturated heterocycles. The molecule has 1 atom stereocenters. The molecule has 0 aromatic carbocycles. The average Bonchev–Trinajstić information content (AvgIpc) is 2.33. The Hall–Kier alpha value is -0.0700. The summed E-state index contributed by atoms with van der Waals surface area (Å²) in [6.07, 6.45) is 4.16. The first kappa shape index (κ1) is 21.2. The SMILES string of the molecule is CC.CC.CCCC(CC)(CF)CC(C)C. The Morgan fingerprint density at radius 1 is 1.00 bits per heavy atom. The summed E-state index contributed by atoms with van der Waals surface area (Å²) in [5.41, 5.74) is -0.0110. The third-order valence-electron chi connectivity index (χ3n) is 2.66. The van der Waals surface area contributed by atoms with Gasteiger partial charge in [-0.2, -0.15) is 0 Å². The van der Waals surface area contributed by atoms with Crippen molar-refractivity contribution in [2.24, 2.45) is 11.3 Å². The highest BCUT2D eigenvalue weighted by Crippen LogP contribution is 2.35. The van der Waals surface area contributed by atoms with Crippen LogP contribution in [0.1, 0.15) is 81.1 Å². The van der Waals surface area contributed by atoms with Gasteiger partial charge in [-0.3, -0.25) is 4.39 Å². The molecule has 1 unspecified atom stereocenters. The lowest BCUT2D eigenvalue weighted by molar-refractivity contribution is 0.143. The summed E-state index contributed by atoms with van der Waals surface area (Å²) in [4.78, 5) is 0. The van der Waals surface area contributed by atoms with Gasteiger partial charge in [-0.1, -0.05) is 61.8 Å². The molecule has 0 fully saturated rings. The van der Waals surface area contributed by atoms with Crippen LogP contribution >= 0.6 is 0 Å². The van der Waals surface area contributed by atoms with Gasteiger partial charge >= 0.3 is 0 Å². The topological polar surface area (TPSA) is 0 Å². The molecule has 0 aromatic rings. The maximum Gasteiger partial charge on any atom is 0.0950 e. The molecule has 102 valence electrons. The van der Waals surface area contributed by atoms with E-state index >= 15 is 0 Å². The zero-order valence-electron chi connectivity index (χ0n) is 13.0. The van der Waals surface area contributed by atoms with E-state index in [-0.39, 0.29) is 12.1 Å². The minimum absolute atomic E-state index is 0.0110. The van der Waals surface area contributed by atoms with Gasteiger partial charge in [0.2, 0.25) is 0 Å². The van der Waals surface area contributed by atoms with Crippen LogP contribution in [0.4, 0.5) is 4.39 Å². The summed E-state index contributed by atoms with van der Waals surface area (Å²) >= 11 is 0. The van der Waals surface area contributed by atoms with Crippen molar-refractivity contribution in [2.75, 3.05) is 6.67 Å². The lowest BCUT2D eigenvalue weighted by Gasteiger charge is -2.31. The molecule has 16 heavy (non-hydrogen) atoms. The number of halogens is 1. The number of hydrogen-bond donors (Lipinski definition) is 0. The van der Waals surface area contributed by atoms with E-state index in [1.165, 1.54) is 0 Å². The number of rotatable bonds is 6. The maximum absolute atomic E-state index is 12.9. The molecule has 0 amide bonds. The summed E-state index contributed by atoms with van der Waals surface area (Å²) in [6.45, 7) is 16.5. The van der Waals surface area contributed by atoms with Crippen LogP contribution in [-0.2, 0) is 0 Å². The predicted octanol–water partition coefficient (Wildman–Crippen LogP) is 6.25. The molecule has 0 heterocycles. The molecule has 0 N–H and O–H groups in total. The van der Waals surface area contributed by atoms with E-state index in [9.17, 15) is 4.39 Å². The fourth-order valence-corrected chi connectivity index (χ4v) is 2.04. The molecular formula is C15H35F. The Kier molecular flexibility index (Phi) is 19.8. The third-order valence-corrected chi connectivity index (χ3v) is 2.66. The largest absolute Gasteiger partial charge is 0.250 e. The van der Waals surface area contributed by atoms with E-state index in [1.807, 2.05) is 27.7 Å². The molecule has 1 heteroatoms. The molecular weight excluding hydrogens is 199 g/mol. The van der Waals surface area contributed by atoms with E-state index < -0.39 is 0 Å². The van der Waals surface area contributed by atoms with Crippen molar-refractivity contribution < 1.29 is 4.39 Å². The Morgan fingerprint density at radius 2 is 1.44 bits per heavy atom. The van der Waals surface area contributed by atoms with Gasteiger partial charge in [0.25, 0.3) is 0 Å². The second-order valence-electron chi connectivity index (χ2n) is 4.34. The first-order valence-electron chi connectivity index (χ1n) is 7.16. The standard InChI is InChI=1S/C11H23F.2C2H6/c1-5-7-11(6-2,9-12)8-10(3)4;2*1-2/h10H,5-9H2,1-4H3;2*1-2H3. The van der Waals surface area contributed by atoms with Crippen molar-refractivity contribution >= 4 is 0 Å². The van der Waals surface area contributed by atoms with Gasteiger partial charge in [0.1, 0.15) is 0 Å². The Balaban J connectivity index is -0.000000376. The summed E-state index contributed by atoms with van der Waals surface area (Å²) < 4.78 is 12.9. The zero-order chi connectivity index (χ0) is 13.6. The van der Waals surface area contributed by atoms with E-state index in [0.717, 1.165) is 25.7 Å². The molecule has 0 aliphatic rings. The molecule has 0 radical (unpaired) electrons. The second-order valence-corrected chi connectivity index (χ2v) is 4.34. The van der Waals surface area contributed by atoms with Gasteiger partial charge in [0, 0.05) is 0 Å². The van der Waals surface area contributed by atoms with E-state index in [4.69, 9.17) is 0 Å². The van der Waals surface area contributed by atoms with Gasteiger partial charge in [-0.15, -0.1) is 0 Å². The van der Waals surface area contributed by atoms with E-state index in [2.05, 4.69) is 27.7 Å². The van der Waals surface area contributed by atoms with E-state index in [0.29, 0.717) is 5.92 Å². The van der Waals surface area contributed by atoms with Crippen LogP contribution in [0.5, 0.6) is 0 Å². The summed E-state index contributed by atoms with van der Waals surface area (Å²) in [7, 11) is 0. The highest BCUT2D eigenvalue weighted by atomic mass is 19.1. The third kappa shape index (κ3) is 10.4. The van der Waals surface area contributed by atoms with Gasteiger partial charge < -0.3 is 0 Å². The van der Waals surface area contributed by atoms with Gasteiger partial charge in [0.05, 0.1) is 6.67 Å². The molecule has 0 bridgehead atoms. The number of alkyl halides is 1. The van der Waals surface area contributed by atoms with Crippen molar-refractivity contribution in [2.45, 2.75) is 81.1 Å². The molecule has 0 saturated carbocycles. The van der Waals surface area contributed by atoms with Gasteiger partial charge in [-0.05, 0) is 30.6 Å². The fraction of sp³-hybridized carbons (Fsp3) is 1.00. The molecule has 0 aliphatic carbocycles. The van der Waals surface area contributed by atoms with Crippen molar-refractivity contribution in [3.8, 4) is 0 Å². The van der Waals surface area contributed by atoms with Crippen LogP contribution in [-0.4, -0.2) is 6.67 Å².